The summed E-state index contributed by atoms with van der Waals surface area (Å²) in [5.74, 6) is 0.670. The number of carbonyl (C=O) groups excluding carboxylic acids is 1. The molecular formula is C12H24N2O2. The summed E-state index contributed by atoms with van der Waals surface area (Å²) in [5, 5.41) is 6.23. The second-order valence-electron chi connectivity index (χ2n) is 4.89. The molecule has 1 saturated heterocycles. The smallest absolute Gasteiger partial charge is 0.252 e. The molecule has 4 nitrogen and oxygen atoms in total. The lowest BCUT2D eigenvalue weighted by Gasteiger charge is -2.34. The number of piperidine rings is 1. The molecule has 0 aromatic heterocycles. The van der Waals surface area contributed by atoms with Crippen molar-refractivity contribution in [2.24, 2.45) is 5.92 Å². The van der Waals surface area contributed by atoms with Crippen LogP contribution in [0.25, 0.3) is 0 Å². The van der Waals surface area contributed by atoms with Crippen molar-refractivity contribution < 1.29 is 9.53 Å². The number of hydrogen-bond donors (Lipinski definition) is 2. The average molecular weight is 228 g/mol. The second-order valence-corrected chi connectivity index (χ2v) is 4.89. The summed E-state index contributed by atoms with van der Waals surface area (Å²) in [6.07, 6.45) is 2.54. The van der Waals surface area contributed by atoms with E-state index in [-0.39, 0.29) is 5.91 Å². The number of rotatable bonds is 5. The molecule has 94 valence electrons. The Hall–Kier alpha value is -0.610. The third kappa shape index (κ3) is 3.46. The number of hydrogen-bond acceptors (Lipinski definition) is 3. The van der Waals surface area contributed by atoms with Crippen molar-refractivity contribution in [3.63, 3.8) is 0 Å². The summed E-state index contributed by atoms with van der Waals surface area (Å²) in [7, 11) is 1.63. The van der Waals surface area contributed by atoms with Crippen molar-refractivity contribution in [2.45, 2.75) is 38.7 Å². The van der Waals surface area contributed by atoms with Gasteiger partial charge in [0.15, 0.2) is 0 Å². The molecule has 16 heavy (non-hydrogen) atoms. The maximum atomic E-state index is 12.1. The van der Waals surface area contributed by atoms with Crippen molar-refractivity contribution in [3.05, 3.63) is 0 Å². The highest BCUT2D eigenvalue weighted by Crippen LogP contribution is 2.22. The van der Waals surface area contributed by atoms with E-state index < -0.39 is 5.60 Å². The molecular weight excluding hydrogens is 204 g/mol. The van der Waals surface area contributed by atoms with Gasteiger partial charge in [0.1, 0.15) is 5.60 Å². The first kappa shape index (κ1) is 13.5. The maximum Gasteiger partial charge on any atom is 0.252 e. The monoisotopic (exact) mass is 228 g/mol. The Morgan fingerprint density at radius 3 is 2.56 bits per heavy atom. The van der Waals surface area contributed by atoms with Crippen molar-refractivity contribution >= 4 is 5.91 Å². The maximum absolute atomic E-state index is 12.1. The van der Waals surface area contributed by atoms with Crippen LogP contribution in [0.1, 0.15) is 33.1 Å². The Labute approximate surface area is 98.1 Å². The highest BCUT2D eigenvalue weighted by molar-refractivity contribution is 5.85. The largest absolute Gasteiger partial charge is 0.368 e. The van der Waals surface area contributed by atoms with Crippen LogP contribution in [-0.4, -0.2) is 38.3 Å². The molecule has 0 unspecified atom stereocenters. The molecule has 1 aliphatic heterocycles. The molecule has 0 atom stereocenters. The van der Waals surface area contributed by atoms with Gasteiger partial charge in [-0.15, -0.1) is 0 Å². The summed E-state index contributed by atoms with van der Waals surface area (Å²) < 4.78 is 5.45. The predicted molar refractivity (Wildman–Crippen MR) is 64.3 cm³/mol. The van der Waals surface area contributed by atoms with E-state index in [1.165, 1.54) is 0 Å². The predicted octanol–water partition coefficient (Wildman–Crippen LogP) is 0.917. The van der Waals surface area contributed by atoms with Crippen LogP contribution in [0.15, 0.2) is 0 Å². The third-order valence-corrected chi connectivity index (χ3v) is 3.22. The van der Waals surface area contributed by atoms with Gasteiger partial charge in [-0.3, -0.25) is 4.79 Å². The van der Waals surface area contributed by atoms with Crippen LogP contribution >= 0.6 is 0 Å². The first-order valence-corrected chi connectivity index (χ1v) is 6.15. The van der Waals surface area contributed by atoms with Crippen LogP contribution in [0.5, 0.6) is 0 Å². The minimum Gasteiger partial charge on any atom is -0.368 e. The van der Waals surface area contributed by atoms with Gasteiger partial charge in [0.25, 0.3) is 5.91 Å². The Balaban J connectivity index is 2.42. The molecule has 4 heteroatoms. The summed E-state index contributed by atoms with van der Waals surface area (Å²) in [6.45, 7) is 6.76. The molecule has 0 aliphatic carbocycles. The van der Waals surface area contributed by atoms with Gasteiger partial charge < -0.3 is 15.4 Å². The van der Waals surface area contributed by atoms with Gasteiger partial charge in [-0.05, 0) is 38.3 Å². The number of amides is 1. The van der Waals surface area contributed by atoms with Gasteiger partial charge in [0.05, 0.1) is 0 Å². The molecule has 1 rings (SSSR count). The fraction of sp³-hybridized carbons (Fsp3) is 0.917. The number of nitrogens with one attached hydrogen (secondary N) is 2. The van der Waals surface area contributed by atoms with Crippen LogP contribution < -0.4 is 10.6 Å². The van der Waals surface area contributed by atoms with Crippen molar-refractivity contribution in [1.29, 1.82) is 0 Å². The molecule has 1 aliphatic rings. The topological polar surface area (TPSA) is 50.4 Å². The van der Waals surface area contributed by atoms with Crippen LogP contribution in [0, 0.1) is 5.92 Å². The van der Waals surface area contributed by atoms with Crippen LogP contribution in [0.4, 0.5) is 0 Å². The molecule has 0 spiro atoms. The lowest BCUT2D eigenvalue weighted by molar-refractivity contribution is -0.146. The Morgan fingerprint density at radius 1 is 1.44 bits per heavy atom. The van der Waals surface area contributed by atoms with Crippen LogP contribution in [-0.2, 0) is 9.53 Å². The van der Waals surface area contributed by atoms with E-state index in [0.29, 0.717) is 5.92 Å². The third-order valence-electron chi connectivity index (χ3n) is 3.22. The molecule has 1 amide bonds. The highest BCUT2D eigenvalue weighted by atomic mass is 16.5. The van der Waals surface area contributed by atoms with E-state index in [1.54, 1.807) is 7.11 Å². The first-order valence-electron chi connectivity index (χ1n) is 6.15. The summed E-state index contributed by atoms with van der Waals surface area (Å²) in [6, 6.07) is 0. The zero-order valence-electron chi connectivity index (χ0n) is 10.6. The normalized spacial score (nSPS) is 19.8. The summed E-state index contributed by atoms with van der Waals surface area (Å²) in [4.78, 5) is 12.1. The van der Waals surface area contributed by atoms with E-state index in [2.05, 4.69) is 24.5 Å². The quantitative estimate of drug-likeness (QED) is 0.735. The lowest BCUT2D eigenvalue weighted by atomic mass is 9.91. The van der Waals surface area contributed by atoms with Crippen molar-refractivity contribution in [3.8, 4) is 0 Å². The van der Waals surface area contributed by atoms with E-state index >= 15 is 0 Å². The van der Waals surface area contributed by atoms with Gasteiger partial charge >= 0.3 is 0 Å². The summed E-state index contributed by atoms with van der Waals surface area (Å²) in [5.41, 5.74) is -0.595. The molecule has 1 fully saturated rings. The molecule has 0 aromatic rings. The Bertz CT molecular complexity index is 223. The fourth-order valence-electron chi connectivity index (χ4n) is 1.99. The van der Waals surface area contributed by atoms with Gasteiger partial charge in [0.2, 0.25) is 0 Å². The minimum absolute atomic E-state index is 0.0529. The van der Waals surface area contributed by atoms with E-state index in [1.807, 2.05) is 0 Å². The second kappa shape index (κ2) is 6.21. The number of carbonyl (C=O) groups is 1. The Kier molecular flexibility index (Phi) is 5.22. The lowest BCUT2D eigenvalue weighted by Crippen LogP contribution is -2.54. The molecule has 0 aromatic carbocycles. The number of methoxy groups -OCH3 is 1. The van der Waals surface area contributed by atoms with Gasteiger partial charge in [-0.2, -0.15) is 0 Å². The molecule has 0 bridgehead atoms. The van der Waals surface area contributed by atoms with Crippen molar-refractivity contribution in [1.82, 2.24) is 10.6 Å². The van der Waals surface area contributed by atoms with Gasteiger partial charge in [-0.1, -0.05) is 13.8 Å². The highest BCUT2D eigenvalue weighted by Gasteiger charge is 2.39. The van der Waals surface area contributed by atoms with Crippen molar-refractivity contribution in [2.75, 3.05) is 26.7 Å². The van der Waals surface area contributed by atoms with Gasteiger partial charge in [0, 0.05) is 13.7 Å². The van der Waals surface area contributed by atoms with E-state index in [9.17, 15) is 4.79 Å². The average Bonchev–Trinajstić information content (AvgIpc) is 2.29. The van der Waals surface area contributed by atoms with E-state index in [0.717, 1.165) is 38.9 Å². The molecule has 2 N–H and O–H groups in total. The molecule has 0 saturated carbocycles. The Morgan fingerprint density at radius 2 is 2.06 bits per heavy atom. The molecule has 1 heterocycles. The number of ether oxygens (including phenoxy) is 1. The minimum atomic E-state index is -0.595. The van der Waals surface area contributed by atoms with Crippen LogP contribution in [0.2, 0.25) is 0 Å². The van der Waals surface area contributed by atoms with Gasteiger partial charge in [-0.25, -0.2) is 0 Å². The van der Waals surface area contributed by atoms with Crippen LogP contribution in [0.3, 0.4) is 0 Å². The first-order chi connectivity index (χ1) is 7.60. The van der Waals surface area contributed by atoms with E-state index in [4.69, 9.17) is 4.74 Å². The summed E-state index contributed by atoms with van der Waals surface area (Å²) >= 11 is 0. The fourth-order valence-corrected chi connectivity index (χ4v) is 1.99. The zero-order valence-corrected chi connectivity index (χ0v) is 10.6. The zero-order chi connectivity index (χ0) is 12.0. The standard InChI is InChI=1S/C12H24N2O2/c1-10(2)4-7-14-11(15)12(16-3)5-8-13-9-6-12/h10,13H,4-9H2,1-3H3,(H,14,15). The SMILES string of the molecule is COC1(C(=O)NCCC(C)C)CCNCC1. The molecule has 0 radical (unpaired) electrons.